The maximum Gasteiger partial charge on any atom is 0.316 e. The lowest BCUT2D eigenvalue weighted by atomic mass is 10.2. The molecule has 2 rings (SSSR count). The van der Waals surface area contributed by atoms with Crippen LogP contribution in [-0.2, 0) is 0 Å². The fraction of sp³-hybridized carbons (Fsp3) is 0.250. The van der Waals surface area contributed by atoms with Gasteiger partial charge in [-0.1, -0.05) is 18.2 Å². The van der Waals surface area contributed by atoms with Crippen molar-refractivity contribution >= 4 is 11.6 Å². The van der Waals surface area contributed by atoms with Crippen LogP contribution >= 0.6 is 0 Å². The van der Waals surface area contributed by atoms with E-state index in [2.05, 4.69) is 10.2 Å². The summed E-state index contributed by atoms with van der Waals surface area (Å²) in [5.74, 6) is -0.286. The molecule has 2 aromatic rings. The fourth-order valence-electron chi connectivity index (χ4n) is 1.61. The highest BCUT2D eigenvalue weighted by molar-refractivity contribution is 6.03. The standard InChI is InChI=1S/C12H13N3O2/c1-9(2)15(10-6-4-3-5-7-10)12(16)11-14-13-8-17-11/h3-9H,1-2H3. The summed E-state index contributed by atoms with van der Waals surface area (Å²) in [6.45, 7) is 3.86. The normalized spacial score (nSPS) is 10.5. The molecule has 88 valence electrons. The highest BCUT2D eigenvalue weighted by atomic mass is 16.4. The van der Waals surface area contributed by atoms with Gasteiger partial charge < -0.3 is 9.32 Å². The largest absolute Gasteiger partial charge is 0.420 e. The van der Waals surface area contributed by atoms with Crippen LogP contribution < -0.4 is 4.90 Å². The first-order valence-electron chi connectivity index (χ1n) is 5.35. The van der Waals surface area contributed by atoms with Gasteiger partial charge in [-0.15, -0.1) is 10.2 Å². The van der Waals surface area contributed by atoms with Crippen molar-refractivity contribution in [3.63, 3.8) is 0 Å². The summed E-state index contributed by atoms with van der Waals surface area (Å²) in [4.78, 5) is 13.8. The van der Waals surface area contributed by atoms with Crippen molar-refractivity contribution in [2.24, 2.45) is 0 Å². The zero-order chi connectivity index (χ0) is 12.3. The van der Waals surface area contributed by atoms with E-state index in [0.717, 1.165) is 12.1 Å². The molecule has 0 saturated heterocycles. The number of rotatable bonds is 3. The summed E-state index contributed by atoms with van der Waals surface area (Å²) >= 11 is 0. The molecule has 1 aromatic carbocycles. The third-order valence-electron chi connectivity index (χ3n) is 2.31. The summed E-state index contributed by atoms with van der Waals surface area (Å²) in [5.41, 5.74) is 0.811. The van der Waals surface area contributed by atoms with Crippen molar-refractivity contribution in [2.45, 2.75) is 19.9 Å². The van der Waals surface area contributed by atoms with E-state index in [-0.39, 0.29) is 17.8 Å². The molecule has 1 heterocycles. The van der Waals surface area contributed by atoms with Crippen LogP contribution in [0.15, 0.2) is 41.1 Å². The first kappa shape index (κ1) is 11.3. The number of hydrogen-bond donors (Lipinski definition) is 0. The van der Waals surface area contributed by atoms with Crippen LogP contribution in [0.1, 0.15) is 24.5 Å². The van der Waals surface area contributed by atoms with Crippen LogP contribution in [0.4, 0.5) is 5.69 Å². The van der Waals surface area contributed by atoms with Crippen LogP contribution in [0.3, 0.4) is 0 Å². The number of carbonyl (C=O) groups is 1. The third-order valence-corrected chi connectivity index (χ3v) is 2.31. The summed E-state index contributed by atoms with van der Waals surface area (Å²) in [6, 6.07) is 9.41. The summed E-state index contributed by atoms with van der Waals surface area (Å²) in [6.07, 6.45) is 1.15. The van der Waals surface area contributed by atoms with Gasteiger partial charge >= 0.3 is 11.8 Å². The number of anilines is 1. The van der Waals surface area contributed by atoms with E-state index in [1.54, 1.807) is 4.90 Å². The molecule has 0 radical (unpaired) electrons. The van der Waals surface area contributed by atoms with Crippen molar-refractivity contribution in [3.05, 3.63) is 42.6 Å². The molecule has 1 aromatic heterocycles. The van der Waals surface area contributed by atoms with Gasteiger partial charge in [0.1, 0.15) is 0 Å². The van der Waals surface area contributed by atoms with Gasteiger partial charge in [-0.2, -0.15) is 0 Å². The van der Waals surface area contributed by atoms with Crippen LogP contribution in [0.2, 0.25) is 0 Å². The smallest absolute Gasteiger partial charge is 0.316 e. The van der Waals surface area contributed by atoms with Crippen molar-refractivity contribution in [1.29, 1.82) is 0 Å². The number of para-hydroxylation sites is 1. The SMILES string of the molecule is CC(C)N(C(=O)c1nnco1)c1ccccc1. The second kappa shape index (κ2) is 4.78. The molecule has 17 heavy (non-hydrogen) atoms. The number of carbonyl (C=O) groups excluding carboxylic acids is 1. The number of aromatic nitrogens is 2. The number of benzene rings is 1. The molecule has 1 amide bonds. The average molecular weight is 231 g/mol. The number of nitrogens with zero attached hydrogens (tertiary/aromatic N) is 3. The summed E-state index contributed by atoms with van der Waals surface area (Å²) < 4.78 is 4.93. The lowest BCUT2D eigenvalue weighted by Crippen LogP contribution is -2.37. The highest BCUT2D eigenvalue weighted by Gasteiger charge is 2.24. The van der Waals surface area contributed by atoms with Crippen LogP contribution in [-0.4, -0.2) is 22.1 Å². The minimum Gasteiger partial charge on any atom is -0.420 e. The van der Waals surface area contributed by atoms with E-state index in [0.29, 0.717) is 0 Å². The molecular weight excluding hydrogens is 218 g/mol. The predicted molar refractivity (Wildman–Crippen MR) is 62.7 cm³/mol. The maximum absolute atomic E-state index is 12.2. The average Bonchev–Trinajstić information content (AvgIpc) is 2.83. The Labute approximate surface area is 99.1 Å². The molecular formula is C12H13N3O2. The summed E-state index contributed by atoms with van der Waals surface area (Å²) in [7, 11) is 0. The molecule has 5 nitrogen and oxygen atoms in total. The molecule has 0 saturated carbocycles. The second-order valence-corrected chi connectivity index (χ2v) is 3.85. The van der Waals surface area contributed by atoms with Gasteiger partial charge in [-0.3, -0.25) is 4.79 Å². The Balaban J connectivity index is 2.34. The molecule has 0 aliphatic carbocycles. The quantitative estimate of drug-likeness (QED) is 0.811. The van der Waals surface area contributed by atoms with Crippen molar-refractivity contribution in [3.8, 4) is 0 Å². The topological polar surface area (TPSA) is 59.2 Å². The van der Waals surface area contributed by atoms with Crippen LogP contribution in [0, 0.1) is 0 Å². The van der Waals surface area contributed by atoms with Gasteiger partial charge in [0.15, 0.2) is 0 Å². The van der Waals surface area contributed by atoms with Gasteiger partial charge in [0, 0.05) is 11.7 Å². The first-order chi connectivity index (χ1) is 8.20. The molecule has 0 aliphatic rings. The minimum absolute atomic E-state index is 0.00236. The number of amides is 1. The highest BCUT2D eigenvalue weighted by Crippen LogP contribution is 2.18. The first-order valence-corrected chi connectivity index (χ1v) is 5.35. The van der Waals surface area contributed by atoms with E-state index in [1.165, 1.54) is 0 Å². The van der Waals surface area contributed by atoms with E-state index in [1.807, 2.05) is 44.2 Å². The predicted octanol–water partition coefficient (Wildman–Crippen LogP) is 2.12. The second-order valence-electron chi connectivity index (χ2n) is 3.85. The van der Waals surface area contributed by atoms with Crippen LogP contribution in [0.25, 0.3) is 0 Å². The van der Waals surface area contributed by atoms with Gasteiger partial charge in [-0.25, -0.2) is 0 Å². The number of hydrogen-bond acceptors (Lipinski definition) is 4. The molecule has 0 atom stereocenters. The maximum atomic E-state index is 12.2. The Hall–Kier alpha value is -2.17. The zero-order valence-electron chi connectivity index (χ0n) is 9.70. The molecule has 0 N–H and O–H groups in total. The fourth-order valence-corrected chi connectivity index (χ4v) is 1.61. The lowest BCUT2D eigenvalue weighted by molar-refractivity contribution is 0.0946. The molecule has 0 bridgehead atoms. The third kappa shape index (κ3) is 2.33. The monoisotopic (exact) mass is 231 g/mol. The van der Waals surface area contributed by atoms with Crippen molar-refractivity contribution in [2.75, 3.05) is 4.90 Å². The van der Waals surface area contributed by atoms with Crippen LogP contribution in [0.5, 0.6) is 0 Å². The zero-order valence-corrected chi connectivity index (χ0v) is 9.70. The Morgan fingerprint density at radius 1 is 1.29 bits per heavy atom. The Kier molecular flexibility index (Phi) is 3.18. The van der Waals surface area contributed by atoms with Gasteiger partial charge in [-0.05, 0) is 26.0 Å². The van der Waals surface area contributed by atoms with Crippen molar-refractivity contribution < 1.29 is 9.21 Å². The van der Waals surface area contributed by atoms with Gasteiger partial charge in [0.25, 0.3) is 0 Å². The van der Waals surface area contributed by atoms with Crippen molar-refractivity contribution in [1.82, 2.24) is 10.2 Å². The molecule has 0 spiro atoms. The molecule has 0 fully saturated rings. The Bertz CT molecular complexity index is 480. The molecule has 5 heteroatoms. The Morgan fingerprint density at radius 2 is 2.00 bits per heavy atom. The molecule has 0 aliphatic heterocycles. The van der Waals surface area contributed by atoms with E-state index < -0.39 is 0 Å². The van der Waals surface area contributed by atoms with Gasteiger partial charge in [0.05, 0.1) is 0 Å². The Morgan fingerprint density at radius 3 is 2.53 bits per heavy atom. The molecule has 0 unspecified atom stereocenters. The summed E-state index contributed by atoms with van der Waals surface area (Å²) in [5, 5.41) is 7.15. The minimum atomic E-state index is -0.288. The van der Waals surface area contributed by atoms with E-state index in [9.17, 15) is 4.79 Å². The van der Waals surface area contributed by atoms with Gasteiger partial charge in [0.2, 0.25) is 6.39 Å². The van der Waals surface area contributed by atoms with E-state index >= 15 is 0 Å². The van der Waals surface area contributed by atoms with E-state index in [4.69, 9.17) is 4.42 Å². The lowest BCUT2D eigenvalue weighted by Gasteiger charge is -2.25.